The number of H-pyrrole nitrogens is 1. The zero-order valence-corrected chi connectivity index (χ0v) is 13.5. The van der Waals surface area contributed by atoms with Gasteiger partial charge in [-0.15, -0.1) is 0 Å². The summed E-state index contributed by atoms with van der Waals surface area (Å²) in [5.41, 5.74) is 3.66. The van der Waals surface area contributed by atoms with E-state index < -0.39 is 0 Å². The highest BCUT2D eigenvalue weighted by Gasteiger charge is 2.04. The minimum atomic E-state index is 1.07. The van der Waals surface area contributed by atoms with Crippen molar-refractivity contribution < 1.29 is 0 Å². The maximum absolute atomic E-state index is 3.57. The van der Waals surface area contributed by atoms with Gasteiger partial charge in [0.2, 0.25) is 0 Å². The average Bonchev–Trinajstić information content (AvgIpc) is 2.92. The van der Waals surface area contributed by atoms with Gasteiger partial charge in [-0.25, -0.2) is 0 Å². The van der Waals surface area contributed by atoms with Crippen LogP contribution in [0.25, 0.3) is 21.8 Å². The second kappa shape index (κ2) is 7.35. The minimum Gasteiger partial charge on any atom is -0.385 e. The zero-order valence-electron chi connectivity index (χ0n) is 13.5. The Balaban J connectivity index is 1.59. The fourth-order valence-corrected chi connectivity index (χ4v) is 3.10. The normalized spacial score (nSPS) is 11.3. The Labute approximate surface area is 132 Å². The van der Waals surface area contributed by atoms with E-state index in [9.17, 15) is 0 Å². The molecule has 116 valence electrons. The van der Waals surface area contributed by atoms with Gasteiger partial charge in [-0.3, -0.25) is 0 Å². The van der Waals surface area contributed by atoms with E-state index in [1.807, 2.05) is 0 Å². The van der Waals surface area contributed by atoms with Gasteiger partial charge in [0.1, 0.15) is 0 Å². The molecule has 2 nitrogen and oxygen atoms in total. The van der Waals surface area contributed by atoms with Crippen molar-refractivity contribution in [2.75, 3.05) is 11.9 Å². The molecule has 0 atom stereocenters. The largest absolute Gasteiger partial charge is 0.385 e. The van der Waals surface area contributed by atoms with E-state index in [1.165, 1.54) is 66.0 Å². The Morgan fingerprint density at radius 2 is 1.59 bits per heavy atom. The lowest BCUT2D eigenvalue weighted by atomic mass is 10.1. The molecular weight excluding hydrogens is 268 g/mol. The number of benzene rings is 2. The lowest BCUT2D eigenvalue weighted by molar-refractivity contribution is 0.617. The minimum absolute atomic E-state index is 1.07. The lowest BCUT2D eigenvalue weighted by Gasteiger charge is -2.06. The molecule has 0 saturated heterocycles. The Kier molecular flexibility index (Phi) is 4.99. The first-order valence-corrected chi connectivity index (χ1v) is 8.63. The van der Waals surface area contributed by atoms with Gasteiger partial charge < -0.3 is 10.3 Å². The van der Waals surface area contributed by atoms with Gasteiger partial charge in [0.25, 0.3) is 0 Å². The molecule has 0 saturated carbocycles. The summed E-state index contributed by atoms with van der Waals surface area (Å²) in [6, 6.07) is 15.1. The van der Waals surface area contributed by atoms with E-state index >= 15 is 0 Å². The van der Waals surface area contributed by atoms with Crippen molar-refractivity contribution in [2.24, 2.45) is 0 Å². The van der Waals surface area contributed by atoms with Crippen molar-refractivity contribution in [3.63, 3.8) is 0 Å². The maximum Gasteiger partial charge on any atom is 0.0466 e. The second-order valence-electron chi connectivity index (χ2n) is 6.13. The molecule has 2 heteroatoms. The van der Waals surface area contributed by atoms with Gasteiger partial charge in [-0.2, -0.15) is 0 Å². The van der Waals surface area contributed by atoms with E-state index in [4.69, 9.17) is 0 Å². The zero-order chi connectivity index (χ0) is 15.2. The topological polar surface area (TPSA) is 27.8 Å². The second-order valence-corrected chi connectivity index (χ2v) is 6.13. The molecule has 0 aliphatic carbocycles. The van der Waals surface area contributed by atoms with Crippen LogP contribution in [0.4, 0.5) is 5.69 Å². The molecule has 0 fully saturated rings. The highest BCUT2D eigenvalue weighted by molar-refractivity contribution is 6.08. The molecule has 0 amide bonds. The third kappa shape index (κ3) is 3.44. The molecule has 3 rings (SSSR count). The molecule has 3 aromatic rings. The van der Waals surface area contributed by atoms with Gasteiger partial charge in [-0.1, -0.05) is 57.2 Å². The summed E-state index contributed by atoms with van der Waals surface area (Å²) >= 11 is 0. The van der Waals surface area contributed by atoms with E-state index in [0.717, 1.165) is 6.54 Å². The first-order chi connectivity index (χ1) is 10.9. The number of hydrogen-bond donors (Lipinski definition) is 2. The van der Waals surface area contributed by atoms with E-state index in [-0.39, 0.29) is 0 Å². The van der Waals surface area contributed by atoms with Crippen molar-refractivity contribution in [1.29, 1.82) is 0 Å². The number of para-hydroxylation sites is 1. The maximum atomic E-state index is 3.57. The van der Waals surface area contributed by atoms with Crippen LogP contribution in [0.1, 0.15) is 45.4 Å². The smallest absolute Gasteiger partial charge is 0.0466 e. The van der Waals surface area contributed by atoms with Crippen LogP contribution in [-0.4, -0.2) is 11.5 Å². The third-order valence-electron chi connectivity index (χ3n) is 4.37. The van der Waals surface area contributed by atoms with E-state index in [0.29, 0.717) is 0 Å². The quantitative estimate of drug-likeness (QED) is 0.483. The van der Waals surface area contributed by atoms with Crippen molar-refractivity contribution in [3.05, 3.63) is 42.5 Å². The molecule has 1 heterocycles. The molecule has 0 spiro atoms. The summed E-state index contributed by atoms with van der Waals surface area (Å²) in [6.45, 7) is 3.34. The SMILES string of the molecule is CCCCCCCCNc1ccc2[nH]c3ccccc3c2c1. The third-order valence-corrected chi connectivity index (χ3v) is 4.37. The van der Waals surface area contributed by atoms with Crippen LogP contribution >= 0.6 is 0 Å². The highest BCUT2D eigenvalue weighted by atomic mass is 14.9. The van der Waals surface area contributed by atoms with Crippen LogP contribution in [0.3, 0.4) is 0 Å². The molecule has 0 aliphatic heterocycles. The van der Waals surface area contributed by atoms with Gasteiger partial charge in [0.05, 0.1) is 0 Å². The Morgan fingerprint density at radius 3 is 2.50 bits per heavy atom. The summed E-state index contributed by atoms with van der Waals surface area (Å²) in [5.74, 6) is 0. The van der Waals surface area contributed by atoms with Gasteiger partial charge in [0, 0.05) is 34.0 Å². The van der Waals surface area contributed by atoms with Gasteiger partial charge in [0.15, 0.2) is 0 Å². The van der Waals surface area contributed by atoms with Crippen molar-refractivity contribution in [3.8, 4) is 0 Å². The first kappa shape index (κ1) is 15.0. The highest BCUT2D eigenvalue weighted by Crippen LogP contribution is 2.27. The summed E-state index contributed by atoms with van der Waals surface area (Å²) in [4.78, 5) is 3.47. The fourth-order valence-electron chi connectivity index (χ4n) is 3.10. The molecule has 1 aromatic heterocycles. The lowest BCUT2D eigenvalue weighted by Crippen LogP contribution is -2.01. The van der Waals surface area contributed by atoms with E-state index in [2.05, 4.69) is 59.7 Å². The summed E-state index contributed by atoms with van der Waals surface area (Å²) in [6.07, 6.45) is 8.06. The van der Waals surface area contributed by atoms with Crippen LogP contribution in [0.15, 0.2) is 42.5 Å². The fraction of sp³-hybridized carbons (Fsp3) is 0.400. The number of anilines is 1. The molecule has 2 aromatic carbocycles. The number of aromatic nitrogens is 1. The monoisotopic (exact) mass is 294 g/mol. The van der Waals surface area contributed by atoms with Crippen LogP contribution in [-0.2, 0) is 0 Å². The van der Waals surface area contributed by atoms with Gasteiger partial charge in [-0.05, 0) is 30.7 Å². The van der Waals surface area contributed by atoms with Crippen LogP contribution in [0, 0.1) is 0 Å². The molecule has 2 N–H and O–H groups in total. The molecule has 22 heavy (non-hydrogen) atoms. The molecule has 0 radical (unpaired) electrons. The van der Waals surface area contributed by atoms with Crippen LogP contribution in [0.5, 0.6) is 0 Å². The molecule has 0 aliphatic rings. The summed E-state index contributed by atoms with van der Waals surface area (Å²) in [5, 5.41) is 6.18. The molecule has 0 unspecified atom stereocenters. The number of aromatic amines is 1. The standard InChI is InChI=1S/C20H26N2/c1-2-3-4-5-6-9-14-21-16-12-13-20-18(15-16)17-10-7-8-11-19(17)22-20/h7-8,10-13,15,21-22H,2-6,9,14H2,1H3. The molecule has 0 bridgehead atoms. The van der Waals surface area contributed by atoms with Crippen molar-refractivity contribution in [2.45, 2.75) is 45.4 Å². The number of hydrogen-bond acceptors (Lipinski definition) is 1. The Morgan fingerprint density at radius 1 is 0.818 bits per heavy atom. The summed E-state index contributed by atoms with van der Waals surface area (Å²) in [7, 11) is 0. The first-order valence-electron chi connectivity index (χ1n) is 8.63. The number of unbranched alkanes of at least 4 members (excludes halogenated alkanes) is 5. The average molecular weight is 294 g/mol. The Hall–Kier alpha value is -1.96. The predicted molar refractivity (Wildman–Crippen MR) is 97.7 cm³/mol. The number of rotatable bonds is 8. The van der Waals surface area contributed by atoms with E-state index in [1.54, 1.807) is 0 Å². The van der Waals surface area contributed by atoms with Gasteiger partial charge >= 0.3 is 0 Å². The predicted octanol–water partition coefficient (Wildman–Crippen LogP) is 6.09. The number of fused-ring (bicyclic) bond motifs is 3. The summed E-state index contributed by atoms with van der Waals surface area (Å²) < 4.78 is 0. The van der Waals surface area contributed by atoms with Crippen LogP contribution < -0.4 is 5.32 Å². The van der Waals surface area contributed by atoms with Crippen LogP contribution in [0.2, 0.25) is 0 Å². The molecular formula is C20H26N2. The van der Waals surface area contributed by atoms with Crippen molar-refractivity contribution >= 4 is 27.5 Å². The van der Waals surface area contributed by atoms with Crippen molar-refractivity contribution in [1.82, 2.24) is 4.98 Å². The Bertz CT molecular complexity index is 727. The number of nitrogens with one attached hydrogen (secondary N) is 2.